The normalized spacial score (nSPS) is 15.6. The average molecular weight is 338 g/mol. The van der Waals surface area contributed by atoms with Crippen molar-refractivity contribution in [3.05, 3.63) is 59.7 Å². The van der Waals surface area contributed by atoms with E-state index in [4.69, 9.17) is 4.74 Å². The molecule has 6 heteroatoms. The van der Waals surface area contributed by atoms with E-state index in [1.165, 1.54) is 18.2 Å². The fourth-order valence-electron chi connectivity index (χ4n) is 2.44. The van der Waals surface area contributed by atoms with Gasteiger partial charge in [-0.3, -0.25) is 15.0 Å². The van der Waals surface area contributed by atoms with Crippen LogP contribution < -0.4 is 15.2 Å². The molecule has 2 amide bonds. The predicted octanol–water partition coefficient (Wildman–Crippen LogP) is 2.64. The summed E-state index contributed by atoms with van der Waals surface area (Å²) in [6, 6.07) is 13.3. The quantitative estimate of drug-likeness (QED) is 0.649. The maximum Gasteiger partial charge on any atom is 0.282 e. The van der Waals surface area contributed by atoms with E-state index >= 15 is 0 Å². The summed E-state index contributed by atoms with van der Waals surface area (Å²) in [5.41, 5.74) is 3.69. The Kier molecular flexibility index (Phi) is 4.70. The van der Waals surface area contributed by atoms with Gasteiger partial charge in [-0.05, 0) is 42.8 Å². The zero-order chi connectivity index (χ0) is 17.8. The molecule has 0 atom stereocenters. The van der Waals surface area contributed by atoms with Crippen molar-refractivity contribution in [2.24, 2.45) is 0 Å². The third-order valence-corrected chi connectivity index (χ3v) is 3.68. The molecule has 0 aliphatic carbocycles. The molecule has 6 nitrogen and oxygen atoms in total. The number of nitrogens with one attached hydrogen (secondary N) is 1. The summed E-state index contributed by atoms with van der Waals surface area (Å²) in [5.74, 6) is -0.232. The Labute approximate surface area is 145 Å². The average Bonchev–Trinajstić information content (AvgIpc) is 2.90. The van der Waals surface area contributed by atoms with Crippen LogP contribution in [-0.4, -0.2) is 23.5 Å². The number of carbonyl (C=O) groups is 2. The molecule has 1 saturated heterocycles. The highest BCUT2D eigenvalue weighted by atomic mass is 16.5. The van der Waals surface area contributed by atoms with Crippen LogP contribution in [0.1, 0.15) is 18.9 Å². The van der Waals surface area contributed by atoms with Gasteiger partial charge in [0.05, 0.1) is 12.3 Å². The van der Waals surface area contributed by atoms with Crippen LogP contribution in [0.2, 0.25) is 0 Å². The molecule has 0 saturated carbocycles. The number of hydrogen-bond donors (Lipinski definition) is 2. The Hall–Kier alpha value is -3.28. The molecule has 0 spiro atoms. The molecular formula is C19H18N2O4. The summed E-state index contributed by atoms with van der Waals surface area (Å²) in [4.78, 5) is 24.8. The molecule has 128 valence electrons. The molecule has 0 unspecified atom stereocenters. The summed E-state index contributed by atoms with van der Waals surface area (Å²) >= 11 is 0. The molecule has 1 fully saturated rings. The molecule has 1 aliphatic rings. The van der Waals surface area contributed by atoms with Gasteiger partial charge >= 0.3 is 0 Å². The summed E-state index contributed by atoms with van der Waals surface area (Å²) in [5, 5.41) is 10.5. The van der Waals surface area contributed by atoms with Crippen molar-refractivity contribution >= 4 is 23.6 Å². The van der Waals surface area contributed by atoms with Gasteiger partial charge < -0.3 is 9.84 Å². The fourth-order valence-corrected chi connectivity index (χ4v) is 2.44. The van der Waals surface area contributed by atoms with E-state index in [0.29, 0.717) is 23.6 Å². The van der Waals surface area contributed by atoms with Crippen molar-refractivity contribution in [3.8, 4) is 11.5 Å². The van der Waals surface area contributed by atoms with Gasteiger partial charge in [0.25, 0.3) is 11.8 Å². The van der Waals surface area contributed by atoms with Gasteiger partial charge in [0.15, 0.2) is 0 Å². The van der Waals surface area contributed by atoms with E-state index in [2.05, 4.69) is 5.43 Å². The number of carbonyl (C=O) groups excluding carboxylic acids is 2. The molecule has 25 heavy (non-hydrogen) atoms. The van der Waals surface area contributed by atoms with Crippen molar-refractivity contribution in [2.45, 2.75) is 13.3 Å². The summed E-state index contributed by atoms with van der Waals surface area (Å²) in [6.45, 7) is 2.56. The van der Waals surface area contributed by atoms with Crippen LogP contribution in [-0.2, 0) is 9.59 Å². The lowest BCUT2D eigenvalue weighted by Crippen LogP contribution is -2.35. The number of nitrogens with zero attached hydrogens (tertiary/aromatic N) is 1. The summed E-state index contributed by atoms with van der Waals surface area (Å²) in [7, 11) is 0. The van der Waals surface area contributed by atoms with Crippen LogP contribution in [0.4, 0.5) is 5.69 Å². The molecule has 2 aromatic carbocycles. The molecule has 1 aliphatic heterocycles. The number of amides is 2. The largest absolute Gasteiger partial charge is 0.508 e. The topological polar surface area (TPSA) is 78.9 Å². The van der Waals surface area contributed by atoms with E-state index in [0.717, 1.165) is 11.4 Å². The molecule has 0 bridgehead atoms. The zero-order valence-electron chi connectivity index (χ0n) is 13.7. The molecular weight excluding hydrogens is 320 g/mol. The number of hydrazine groups is 1. The second-order valence-electron chi connectivity index (χ2n) is 5.54. The van der Waals surface area contributed by atoms with E-state index in [9.17, 15) is 14.7 Å². The van der Waals surface area contributed by atoms with E-state index in [1.54, 1.807) is 24.3 Å². The van der Waals surface area contributed by atoms with Crippen molar-refractivity contribution in [1.29, 1.82) is 0 Å². The number of rotatable bonds is 5. The van der Waals surface area contributed by atoms with Crippen LogP contribution in [0.15, 0.2) is 54.1 Å². The van der Waals surface area contributed by atoms with E-state index in [1.807, 2.05) is 19.1 Å². The minimum atomic E-state index is -0.483. The lowest BCUT2D eigenvalue weighted by molar-refractivity contribution is -0.117. The molecule has 3 rings (SSSR count). The Balaban J connectivity index is 1.90. The van der Waals surface area contributed by atoms with Crippen molar-refractivity contribution < 1.29 is 19.4 Å². The lowest BCUT2D eigenvalue weighted by atomic mass is 10.1. The van der Waals surface area contributed by atoms with E-state index in [-0.39, 0.29) is 11.3 Å². The third-order valence-electron chi connectivity index (χ3n) is 3.68. The number of hydrogen-bond acceptors (Lipinski definition) is 4. The van der Waals surface area contributed by atoms with Crippen LogP contribution in [0.5, 0.6) is 11.5 Å². The first kappa shape index (κ1) is 16.6. The molecule has 1 heterocycles. The Bertz CT molecular complexity index is 828. The first-order chi connectivity index (χ1) is 12.1. The lowest BCUT2D eigenvalue weighted by Gasteiger charge is -2.14. The number of ether oxygens (including phenoxy) is 1. The zero-order valence-corrected chi connectivity index (χ0v) is 13.7. The van der Waals surface area contributed by atoms with Gasteiger partial charge in [-0.1, -0.05) is 25.1 Å². The Morgan fingerprint density at radius 3 is 2.56 bits per heavy atom. The van der Waals surface area contributed by atoms with Gasteiger partial charge in [0.2, 0.25) is 0 Å². The molecule has 0 aromatic heterocycles. The highest BCUT2D eigenvalue weighted by Crippen LogP contribution is 2.26. The molecule has 2 aromatic rings. The smallest absolute Gasteiger partial charge is 0.282 e. The maximum absolute atomic E-state index is 12.6. The number of phenolic OH excluding ortho intramolecular Hbond substituents is 1. The number of aromatic hydroxyl groups is 1. The van der Waals surface area contributed by atoms with Crippen molar-refractivity contribution in [3.63, 3.8) is 0 Å². The van der Waals surface area contributed by atoms with Gasteiger partial charge in [0.1, 0.15) is 17.1 Å². The van der Waals surface area contributed by atoms with Crippen LogP contribution in [0.3, 0.4) is 0 Å². The number of anilines is 1. The standard InChI is InChI=1S/C19H18N2O4/c1-2-11-25-17-6-4-3-5-13(17)12-16-18(23)20-21(19(16)24)14-7-9-15(22)10-8-14/h3-10,12,22H,2,11H2,1H3,(H,20,23)/b16-12+. The Morgan fingerprint density at radius 1 is 1.12 bits per heavy atom. The first-order valence-corrected chi connectivity index (χ1v) is 7.98. The SMILES string of the molecule is CCCOc1ccccc1/C=C1\C(=O)NN(c2ccc(O)cc2)C1=O. The number of benzene rings is 2. The van der Waals surface area contributed by atoms with Gasteiger partial charge in [-0.15, -0.1) is 0 Å². The third kappa shape index (κ3) is 3.47. The fraction of sp³-hybridized carbons (Fsp3) is 0.158. The number of phenols is 1. The monoisotopic (exact) mass is 338 g/mol. The summed E-state index contributed by atoms with van der Waals surface area (Å²) < 4.78 is 5.66. The predicted molar refractivity (Wildman–Crippen MR) is 93.9 cm³/mol. The highest BCUT2D eigenvalue weighted by molar-refractivity contribution is 6.31. The van der Waals surface area contributed by atoms with Gasteiger partial charge in [-0.25, -0.2) is 5.01 Å². The summed E-state index contributed by atoms with van der Waals surface area (Å²) in [6.07, 6.45) is 2.39. The van der Waals surface area contributed by atoms with Crippen molar-refractivity contribution in [2.75, 3.05) is 11.6 Å². The second kappa shape index (κ2) is 7.09. The minimum absolute atomic E-state index is 0.0284. The first-order valence-electron chi connectivity index (χ1n) is 7.98. The van der Waals surface area contributed by atoms with Gasteiger partial charge in [0, 0.05) is 5.56 Å². The van der Waals surface area contributed by atoms with Crippen molar-refractivity contribution in [1.82, 2.24) is 5.43 Å². The molecule has 2 N–H and O–H groups in total. The van der Waals surface area contributed by atoms with Gasteiger partial charge in [-0.2, -0.15) is 0 Å². The maximum atomic E-state index is 12.6. The van der Waals surface area contributed by atoms with E-state index < -0.39 is 11.8 Å². The highest BCUT2D eigenvalue weighted by Gasteiger charge is 2.34. The minimum Gasteiger partial charge on any atom is -0.508 e. The Morgan fingerprint density at radius 2 is 1.84 bits per heavy atom. The van der Waals surface area contributed by atoms with Crippen LogP contribution in [0, 0.1) is 0 Å². The van der Waals surface area contributed by atoms with Crippen LogP contribution >= 0.6 is 0 Å². The van der Waals surface area contributed by atoms with Crippen LogP contribution in [0.25, 0.3) is 6.08 Å². The molecule has 0 radical (unpaired) electrons. The second-order valence-corrected chi connectivity index (χ2v) is 5.54. The number of para-hydroxylation sites is 1.